The first-order valence-electron chi connectivity index (χ1n) is 5.21. The van der Waals surface area contributed by atoms with Crippen LogP contribution in [-0.4, -0.2) is 34.5 Å². The molecule has 0 aromatic rings. The Kier molecular flexibility index (Phi) is 5.60. The average molecular weight is 245 g/mol. The summed E-state index contributed by atoms with van der Waals surface area (Å²) in [7, 11) is 0. The molecule has 0 aromatic carbocycles. The molecule has 7 nitrogen and oxygen atoms in total. The van der Waals surface area contributed by atoms with Crippen LogP contribution >= 0.6 is 0 Å². The Morgan fingerprint density at radius 1 is 1.35 bits per heavy atom. The molecule has 98 valence electrons. The summed E-state index contributed by atoms with van der Waals surface area (Å²) in [4.78, 5) is 32.7. The Morgan fingerprint density at radius 3 is 2.24 bits per heavy atom. The van der Waals surface area contributed by atoms with Gasteiger partial charge in [0, 0.05) is 12.0 Å². The lowest BCUT2D eigenvalue weighted by Gasteiger charge is -2.18. The zero-order valence-corrected chi connectivity index (χ0v) is 10.0. The maximum Gasteiger partial charge on any atom is 0.326 e. The SMILES string of the molecule is CC(C)(N)CCC(=O)N[C@@H](CC(N)=O)C(=O)O. The third-order valence-corrected chi connectivity index (χ3v) is 2.04. The molecule has 0 fully saturated rings. The van der Waals surface area contributed by atoms with E-state index < -0.39 is 35.8 Å². The number of carbonyl (C=O) groups is 3. The van der Waals surface area contributed by atoms with Gasteiger partial charge in [-0.1, -0.05) is 0 Å². The van der Waals surface area contributed by atoms with Gasteiger partial charge in [0.1, 0.15) is 6.04 Å². The highest BCUT2D eigenvalue weighted by molar-refractivity contribution is 5.88. The van der Waals surface area contributed by atoms with Crippen molar-refractivity contribution in [1.82, 2.24) is 5.32 Å². The average Bonchev–Trinajstić information content (AvgIpc) is 2.11. The lowest BCUT2D eigenvalue weighted by Crippen LogP contribution is -2.44. The van der Waals surface area contributed by atoms with Gasteiger partial charge < -0.3 is 21.9 Å². The highest BCUT2D eigenvalue weighted by atomic mass is 16.4. The lowest BCUT2D eigenvalue weighted by molar-refractivity contribution is -0.143. The van der Waals surface area contributed by atoms with Gasteiger partial charge in [-0.15, -0.1) is 0 Å². The van der Waals surface area contributed by atoms with E-state index in [4.69, 9.17) is 16.6 Å². The van der Waals surface area contributed by atoms with Crippen molar-refractivity contribution < 1.29 is 19.5 Å². The van der Waals surface area contributed by atoms with Crippen LogP contribution in [0, 0.1) is 0 Å². The van der Waals surface area contributed by atoms with Gasteiger partial charge in [-0.3, -0.25) is 9.59 Å². The fraction of sp³-hybridized carbons (Fsp3) is 0.700. The maximum absolute atomic E-state index is 11.4. The number of carboxylic acids is 1. The lowest BCUT2D eigenvalue weighted by atomic mass is 10.00. The number of hydrogen-bond acceptors (Lipinski definition) is 4. The van der Waals surface area contributed by atoms with Crippen molar-refractivity contribution in [2.24, 2.45) is 11.5 Å². The number of amides is 2. The summed E-state index contributed by atoms with van der Waals surface area (Å²) >= 11 is 0. The molecule has 0 heterocycles. The van der Waals surface area contributed by atoms with Gasteiger partial charge in [0.15, 0.2) is 0 Å². The van der Waals surface area contributed by atoms with Gasteiger partial charge in [0.25, 0.3) is 0 Å². The van der Waals surface area contributed by atoms with Gasteiger partial charge in [0.2, 0.25) is 11.8 Å². The molecule has 6 N–H and O–H groups in total. The summed E-state index contributed by atoms with van der Waals surface area (Å²) in [6.45, 7) is 3.52. The summed E-state index contributed by atoms with van der Waals surface area (Å²) in [6.07, 6.45) is 0.0981. The summed E-state index contributed by atoms with van der Waals surface area (Å²) < 4.78 is 0. The Bertz CT molecular complexity index is 309. The fourth-order valence-corrected chi connectivity index (χ4v) is 1.10. The molecule has 0 saturated carbocycles. The van der Waals surface area contributed by atoms with Crippen molar-refractivity contribution in [3.63, 3.8) is 0 Å². The van der Waals surface area contributed by atoms with Gasteiger partial charge in [-0.05, 0) is 20.3 Å². The first-order chi connectivity index (χ1) is 7.61. The van der Waals surface area contributed by atoms with E-state index in [-0.39, 0.29) is 6.42 Å². The fourth-order valence-electron chi connectivity index (χ4n) is 1.10. The number of nitrogens with two attached hydrogens (primary N) is 2. The molecular formula is C10H19N3O4. The Morgan fingerprint density at radius 2 is 1.88 bits per heavy atom. The van der Waals surface area contributed by atoms with E-state index >= 15 is 0 Å². The van der Waals surface area contributed by atoms with Crippen LogP contribution in [0.1, 0.15) is 33.1 Å². The van der Waals surface area contributed by atoms with Crippen molar-refractivity contribution in [1.29, 1.82) is 0 Å². The van der Waals surface area contributed by atoms with Gasteiger partial charge >= 0.3 is 5.97 Å². The number of rotatable bonds is 7. The molecule has 0 aliphatic heterocycles. The number of nitrogens with one attached hydrogen (secondary N) is 1. The summed E-state index contributed by atoms with van der Waals surface area (Å²) in [5.41, 5.74) is 10.1. The number of carboxylic acid groups (broad SMARTS) is 1. The van der Waals surface area contributed by atoms with E-state index in [0.717, 1.165) is 0 Å². The number of aliphatic carboxylic acids is 1. The molecule has 0 rings (SSSR count). The third kappa shape index (κ3) is 8.21. The van der Waals surface area contributed by atoms with Crippen LogP contribution in [0.2, 0.25) is 0 Å². The Hall–Kier alpha value is -1.63. The summed E-state index contributed by atoms with van der Waals surface area (Å²) in [6, 6.07) is -1.28. The number of carbonyl (C=O) groups excluding carboxylic acids is 2. The molecule has 0 radical (unpaired) electrons. The molecule has 17 heavy (non-hydrogen) atoms. The molecule has 1 atom stereocenters. The van der Waals surface area contributed by atoms with Crippen LogP contribution in [-0.2, 0) is 14.4 Å². The van der Waals surface area contributed by atoms with Crippen LogP contribution in [0.4, 0.5) is 0 Å². The standard InChI is InChI=1S/C10H19N3O4/c1-10(2,12)4-3-8(15)13-6(9(16)17)5-7(11)14/h6H,3-5,12H2,1-2H3,(H2,11,14)(H,13,15)(H,16,17)/t6-/m0/s1. The van der Waals surface area contributed by atoms with Crippen LogP contribution in [0.25, 0.3) is 0 Å². The molecule has 0 aliphatic carbocycles. The number of hydrogen-bond donors (Lipinski definition) is 4. The molecule has 7 heteroatoms. The first-order valence-corrected chi connectivity index (χ1v) is 5.21. The van der Waals surface area contributed by atoms with Crippen LogP contribution < -0.4 is 16.8 Å². The molecule has 0 aromatic heterocycles. The summed E-state index contributed by atoms with van der Waals surface area (Å²) in [5.74, 6) is -2.53. The zero-order valence-electron chi connectivity index (χ0n) is 10.0. The largest absolute Gasteiger partial charge is 0.480 e. The number of primary amides is 1. The second-order valence-electron chi connectivity index (χ2n) is 4.62. The van der Waals surface area contributed by atoms with Crippen molar-refractivity contribution >= 4 is 17.8 Å². The second-order valence-corrected chi connectivity index (χ2v) is 4.62. The Balaban J connectivity index is 4.22. The van der Waals surface area contributed by atoms with E-state index in [9.17, 15) is 14.4 Å². The predicted octanol–water partition coefficient (Wildman–Crippen LogP) is -1.05. The second kappa shape index (κ2) is 6.19. The Labute approximate surface area is 99.5 Å². The smallest absolute Gasteiger partial charge is 0.326 e. The highest BCUT2D eigenvalue weighted by Crippen LogP contribution is 2.07. The van der Waals surface area contributed by atoms with Crippen LogP contribution in [0.15, 0.2) is 0 Å². The van der Waals surface area contributed by atoms with Crippen LogP contribution in [0.5, 0.6) is 0 Å². The topological polar surface area (TPSA) is 136 Å². The molecular weight excluding hydrogens is 226 g/mol. The van der Waals surface area contributed by atoms with E-state index in [1.807, 2.05) is 0 Å². The minimum absolute atomic E-state index is 0.103. The van der Waals surface area contributed by atoms with E-state index in [2.05, 4.69) is 5.32 Å². The molecule has 0 unspecified atom stereocenters. The summed E-state index contributed by atoms with van der Waals surface area (Å²) in [5, 5.41) is 11.0. The normalized spacial score (nSPS) is 12.9. The molecule has 0 bridgehead atoms. The molecule has 0 spiro atoms. The minimum Gasteiger partial charge on any atom is -0.480 e. The molecule has 0 aliphatic rings. The van der Waals surface area contributed by atoms with E-state index in [1.165, 1.54) is 0 Å². The quantitative estimate of drug-likeness (QED) is 0.453. The van der Waals surface area contributed by atoms with E-state index in [1.54, 1.807) is 13.8 Å². The van der Waals surface area contributed by atoms with Crippen molar-refractivity contribution in [2.75, 3.05) is 0 Å². The zero-order chi connectivity index (χ0) is 13.6. The highest BCUT2D eigenvalue weighted by Gasteiger charge is 2.22. The van der Waals surface area contributed by atoms with Gasteiger partial charge in [0.05, 0.1) is 6.42 Å². The minimum atomic E-state index is -1.29. The monoisotopic (exact) mass is 245 g/mol. The van der Waals surface area contributed by atoms with Gasteiger partial charge in [-0.2, -0.15) is 0 Å². The van der Waals surface area contributed by atoms with Gasteiger partial charge in [-0.25, -0.2) is 4.79 Å². The third-order valence-electron chi connectivity index (χ3n) is 2.04. The molecule has 2 amide bonds. The van der Waals surface area contributed by atoms with Crippen molar-refractivity contribution in [3.8, 4) is 0 Å². The maximum atomic E-state index is 11.4. The van der Waals surface area contributed by atoms with E-state index in [0.29, 0.717) is 6.42 Å². The molecule has 0 saturated heterocycles. The van der Waals surface area contributed by atoms with Crippen molar-refractivity contribution in [2.45, 2.75) is 44.7 Å². The predicted molar refractivity (Wildman–Crippen MR) is 60.9 cm³/mol. The van der Waals surface area contributed by atoms with Crippen LogP contribution in [0.3, 0.4) is 0 Å². The first kappa shape index (κ1) is 15.4. The van der Waals surface area contributed by atoms with Crippen molar-refractivity contribution in [3.05, 3.63) is 0 Å².